The molecule has 0 aliphatic heterocycles. The highest BCUT2D eigenvalue weighted by Gasteiger charge is 2.17. The van der Waals surface area contributed by atoms with E-state index in [1.54, 1.807) is 17.7 Å². The minimum atomic E-state index is -3.72. The van der Waals surface area contributed by atoms with Crippen molar-refractivity contribution in [3.05, 3.63) is 36.2 Å². The number of sulfonamides is 1. The Morgan fingerprint density at radius 1 is 1.40 bits per heavy atom. The van der Waals surface area contributed by atoms with E-state index >= 15 is 0 Å². The fraction of sp³-hybridized carbons (Fsp3) is 0.154. The lowest BCUT2D eigenvalue weighted by Crippen LogP contribution is -2.17. The molecule has 2 aromatic rings. The maximum absolute atomic E-state index is 12.2. The summed E-state index contributed by atoms with van der Waals surface area (Å²) in [6, 6.07) is 5.90. The molecule has 0 fully saturated rings. The van der Waals surface area contributed by atoms with Gasteiger partial charge in [-0.05, 0) is 31.2 Å². The molecule has 6 nitrogen and oxygen atoms in total. The number of nitrogens with one attached hydrogen (secondary N) is 1. The molecule has 0 saturated heterocycles. The second-order valence-electron chi connectivity index (χ2n) is 4.19. The summed E-state index contributed by atoms with van der Waals surface area (Å²) >= 11 is 0. The Bertz CT molecular complexity index is 755. The van der Waals surface area contributed by atoms with Crippen molar-refractivity contribution in [2.45, 2.75) is 18.4 Å². The van der Waals surface area contributed by atoms with Gasteiger partial charge in [-0.3, -0.25) is 0 Å². The maximum atomic E-state index is 12.2. The zero-order valence-electron chi connectivity index (χ0n) is 10.9. The Kier molecular flexibility index (Phi) is 3.68. The number of terminal acetylenes is 1. The van der Waals surface area contributed by atoms with Crippen molar-refractivity contribution in [3.63, 3.8) is 0 Å². The summed E-state index contributed by atoms with van der Waals surface area (Å²) in [5.41, 5.74) is 6.81. The second kappa shape index (κ2) is 5.27. The van der Waals surface area contributed by atoms with Crippen LogP contribution >= 0.6 is 0 Å². The lowest BCUT2D eigenvalue weighted by atomic mass is 10.3. The summed E-state index contributed by atoms with van der Waals surface area (Å²) in [6.07, 6.45) is 6.81. The quantitative estimate of drug-likeness (QED) is 0.654. The van der Waals surface area contributed by atoms with Gasteiger partial charge in [-0.25, -0.2) is 18.1 Å². The normalized spacial score (nSPS) is 11.0. The monoisotopic (exact) mass is 290 g/mol. The van der Waals surface area contributed by atoms with Crippen molar-refractivity contribution < 1.29 is 8.42 Å². The SMILES string of the molecule is C#CCn1c(C)cnc1NS(=O)(=O)c1ccc(N)cc1. The average Bonchev–Trinajstić information content (AvgIpc) is 2.72. The molecule has 2 rings (SSSR count). The standard InChI is InChI=1S/C13H14N4O2S/c1-3-8-17-10(2)9-15-13(17)16-20(18,19)12-6-4-11(14)5-7-12/h1,4-7,9H,8,14H2,2H3,(H,15,16). The van der Waals surface area contributed by atoms with Gasteiger partial charge in [-0.2, -0.15) is 0 Å². The van der Waals surface area contributed by atoms with Crippen molar-refractivity contribution >= 4 is 21.7 Å². The molecule has 0 amide bonds. The van der Waals surface area contributed by atoms with Gasteiger partial charge >= 0.3 is 0 Å². The van der Waals surface area contributed by atoms with Gasteiger partial charge < -0.3 is 10.3 Å². The number of aryl methyl sites for hydroxylation is 1. The van der Waals surface area contributed by atoms with Crippen LogP contribution in [0, 0.1) is 19.3 Å². The van der Waals surface area contributed by atoms with E-state index in [2.05, 4.69) is 15.6 Å². The summed E-state index contributed by atoms with van der Waals surface area (Å²) in [4.78, 5) is 4.13. The summed E-state index contributed by atoms with van der Waals surface area (Å²) in [5.74, 6) is 2.65. The van der Waals surface area contributed by atoms with Crippen LogP contribution in [-0.2, 0) is 16.6 Å². The predicted molar refractivity (Wildman–Crippen MR) is 77.5 cm³/mol. The molecular formula is C13H14N4O2S. The Morgan fingerprint density at radius 3 is 2.65 bits per heavy atom. The molecule has 0 bridgehead atoms. The van der Waals surface area contributed by atoms with Gasteiger partial charge in [0.25, 0.3) is 10.0 Å². The predicted octanol–water partition coefficient (Wildman–Crippen LogP) is 1.21. The van der Waals surface area contributed by atoms with E-state index in [0.717, 1.165) is 5.69 Å². The molecule has 0 aliphatic rings. The fourth-order valence-corrected chi connectivity index (χ4v) is 2.67. The van der Waals surface area contributed by atoms with Crippen LogP contribution in [0.4, 0.5) is 11.6 Å². The molecule has 0 atom stereocenters. The summed E-state index contributed by atoms with van der Waals surface area (Å²) in [6.45, 7) is 2.04. The number of anilines is 2. The van der Waals surface area contributed by atoms with Gasteiger partial charge in [0, 0.05) is 11.4 Å². The van der Waals surface area contributed by atoms with Crippen LogP contribution in [0.25, 0.3) is 0 Å². The molecule has 7 heteroatoms. The zero-order chi connectivity index (χ0) is 14.8. The van der Waals surface area contributed by atoms with Crippen molar-refractivity contribution in [1.82, 2.24) is 9.55 Å². The number of nitrogens with zero attached hydrogens (tertiary/aromatic N) is 2. The van der Waals surface area contributed by atoms with Crippen LogP contribution in [0.1, 0.15) is 5.69 Å². The molecule has 0 aliphatic carbocycles. The van der Waals surface area contributed by atoms with Gasteiger partial charge in [0.1, 0.15) is 0 Å². The third-order valence-corrected chi connectivity index (χ3v) is 4.06. The first-order valence-corrected chi connectivity index (χ1v) is 7.26. The van der Waals surface area contributed by atoms with Crippen molar-refractivity contribution in [3.8, 4) is 12.3 Å². The molecule has 1 aromatic carbocycles. The highest BCUT2D eigenvalue weighted by atomic mass is 32.2. The molecule has 1 heterocycles. The van der Waals surface area contributed by atoms with E-state index in [1.807, 2.05) is 0 Å². The van der Waals surface area contributed by atoms with Crippen LogP contribution in [0.15, 0.2) is 35.4 Å². The van der Waals surface area contributed by atoms with Gasteiger partial charge in [-0.1, -0.05) is 5.92 Å². The van der Waals surface area contributed by atoms with Crippen LogP contribution in [0.3, 0.4) is 0 Å². The smallest absolute Gasteiger partial charge is 0.264 e. The number of imidazole rings is 1. The van der Waals surface area contributed by atoms with Crippen molar-refractivity contribution in [2.75, 3.05) is 10.5 Å². The molecule has 20 heavy (non-hydrogen) atoms. The Labute approximate surface area is 117 Å². The minimum Gasteiger partial charge on any atom is -0.399 e. The lowest BCUT2D eigenvalue weighted by molar-refractivity contribution is 0.600. The number of aromatic nitrogens is 2. The van der Waals surface area contributed by atoms with Crippen LogP contribution in [0.2, 0.25) is 0 Å². The topological polar surface area (TPSA) is 90.0 Å². The van der Waals surface area contributed by atoms with Crippen molar-refractivity contribution in [1.29, 1.82) is 0 Å². The van der Waals surface area contributed by atoms with E-state index in [0.29, 0.717) is 5.69 Å². The number of rotatable bonds is 4. The lowest BCUT2D eigenvalue weighted by Gasteiger charge is -2.10. The molecule has 0 saturated carbocycles. The largest absolute Gasteiger partial charge is 0.399 e. The number of hydrogen-bond acceptors (Lipinski definition) is 4. The molecular weight excluding hydrogens is 276 g/mol. The number of benzene rings is 1. The minimum absolute atomic E-state index is 0.111. The van der Waals surface area contributed by atoms with Crippen LogP contribution < -0.4 is 10.5 Å². The molecule has 3 N–H and O–H groups in total. The first kappa shape index (κ1) is 14.0. The molecule has 104 valence electrons. The molecule has 1 aromatic heterocycles. The van der Waals surface area contributed by atoms with Crippen LogP contribution in [-0.4, -0.2) is 18.0 Å². The molecule has 0 radical (unpaired) electrons. The molecule has 0 spiro atoms. The Hall–Kier alpha value is -2.46. The third kappa shape index (κ3) is 2.75. The summed E-state index contributed by atoms with van der Waals surface area (Å²) in [7, 11) is -3.72. The Balaban J connectivity index is 2.34. The summed E-state index contributed by atoms with van der Waals surface area (Å²) < 4.78 is 28.5. The maximum Gasteiger partial charge on any atom is 0.264 e. The first-order chi connectivity index (χ1) is 9.44. The number of nitrogens with two attached hydrogens (primary N) is 1. The fourth-order valence-electron chi connectivity index (χ4n) is 1.66. The van der Waals surface area contributed by atoms with E-state index in [1.165, 1.54) is 24.3 Å². The average molecular weight is 290 g/mol. The second-order valence-corrected chi connectivity index (χ2v) is 5.87. The van der Waals surface area contributed by atoms with Gasteiger partial charge in [0.15, 0.2) is 0 Å². The van der Waals surface area contributed by atoms with Crippen molar-refractivity contribution in [2.24, 2.45) is 0 Å². The number of nitrogen functional groups attached to an aromatic ring is 1. The van der Waals surface area contributed by atoms with Gasteiger partial charge in [-0.15, -0.1) is 6.42 Å². The summed E-state index contributed by atoms with van der Waals surface area (Å²) in [5, 5.41) is 0. The van der Waals surface area contributed by atoms with E-state index in [4.69, 9.17) is 12.2 Å². The van der Waals surface area contributed by atoms with Gasteiger partial charge in [0.2, 0.25) is 5.95 Å². The van der Waals surface area contributed by atoms with E-state index in [-0.39, 0.29) is 17.4 Å². The third-order valence-electron chi connectivity index (χ3n) is 2.72. The highest BCUT2D eigenvalue weighted by Crippen LogP contribution is 2.17. The zero-order valence-corrected chi connectivity index (χ0v) is 11.7. The van der Waals surface area contributed by atoms with E-state index in [9.17, 15) is 8.42 Å². The first-order valence-electron chi connectivity index (χ1n) is 5.78. The van der Waals surface area contributed by atoms with Crippen LogP contribution in [0.5, 0.6) is 0 Å². The molecule has 0 unspecified atom stereocenters. The van der Waals surface area contributed by atoms with E-state index < -0.39 is 10.0 Å². The van der Waals surface area contributed by atoms with Gasteiger partial charge in [0.05, 0.1) is 17.6 Å². The Morgan fingerprint density at radius 2 is 2.05 bits per heavy atom. The highest BCUT2D eigenvalue weighted by molar-refractivity contribution is 7.92. The number of hydrogen-bond donors (Lipinski definition) is 2.